The highest BCUT2D eigenvalue weighted by Crippen LogP contribution is 2.22. The molecule has 0 saturated heterocycles. The van der Waals surface area contributed by atoms with Crippen LogP contribution in [0.5, 0.6) is 5.75 Å². The number of nitrogens with one attached hydrogen (secondary N) is 1. The van der Waals surface area contributed by atoms with E-state index < -0.39 is 9.84 Å². The molecule has 27 heavy (non-hydrogen) atoms. The second-order valence-corrected chi connectivity index (χ2v) is 8.54. The van der Waals surface area contributed by atoms with E-state index in [0.717, 1.165) is 11.3 Å². The summed E-state index contributed by atoms with van der Waals surface area (Å²) in [7, 11) is -3.51. The largest absolute Gasteiger partial charge is 0.494 e. The second kappa shape index (κ2) is 8.28. The molecule has 1 amide bonds. The van der Waals surface area contributed by atoms with Crippen LogP contribution in [0.25, 0.3) is 0 Å². The zero-order valence-corrected chi connectivity index (χ0v) is 16.1. The van der Waals surface area contributed by atoms with Gasteiger partial charge in [-0.2, -0.15) is 0 Å². The molecular weight excluding hydrogens is 386 g/mol. The first kappa shape index (κ1) is 19.0. The van der Waals surface area contributed by atoms with Crippen LogP contribution in [0.1, 0.15) is 22.3 Å². The third-order valence-electron chi connectivity index (χ3n) is 3.53. The molecule has 2 aromatic carbocycles. The Morgan fingerprint density at radius 1 is 1.07 bits per heavy atom. The van der Waals surface area contributed by atoms with Gasteiger partial charge < -0.3 is 4.74 Å². The van der Waals surface area contributed by atoms with E-state index in [9.17, 15) is 13.2 Å². The summed E-state index contributed by atoms with van der Waals surface area (Å²) >= 11 is 1.03. The van der Waals surface area contributed by atoms with E-state index in [1.165, 1.54) is 12.1 Å². The molecule has 0 aliphatic rings. The predicted molar refractivity (Wildman–Crippen MR) is 103 cm³/mol. The van der Waals surface area contributed by atoms with Gasteiger partial charge in [0.1, 0.15) is 16.5 Å². The van der Waals surface area contributed by atoms with Crippen LogP contribution >= 0.6 is 11.3 Å². The van der Waals surface area contributed by atoms with Crippen molar-refractivity contribution in [2.24, 2.45) is 0 Å². The number of carbonyl (C=O) groups excluding carboxylic acids is 1. The molecule has 9 heteroatoms. The Balaban J connectivity index is 1.66. The Morgan fingerprint density at radius 3 is 2.44 bits per heavy atom. The Hall–Kier alpha value is -2.78. The third kappa shape index (κ3) is 4.89. The van der Waals surface area contributed by atoms with Crippen LogP contribution < -0.4 is 10.1 Å². The maximum absolute atomic E-state index is 12.4. The standard InChI is InChI=1S/C18H17N3O4S2/c1-2-25-14-10-8-13(9-11-14)17(22)19-18-21-20-16(26-18)12-27(23,24)15-6-4-3-5-7-15/h3-11H,2,12H2,1H3,(H,19,21,22). The number of hydrogen-bond donors (Lipinski definition) is 1. The van der Waals surface area contributed by atoms with Crippen molar-refractivity contribution in [3.8, 4) is 5.75 Å². The minimum absolute atomic E-state index is 0.222. The summed E-state index contributed by atoms with van der Waals surface area (Å²) < 4.78 is 30.1. The normalized spacial score (nSPS) is 11.1. The fourth-order valence-corrected chi connectivity index (χ4v) is 4.63. The third-order valence-corrected chi connectivity index (χ3v) is 6.20. The molecule has 0 atom stereocenters. The molecule has 1 heterocycles. The molecule has 0 fully saturated rings. The van der Waals surface area contributed by atoms with Gasteiger partial charge in [-0.1, -0.05) is 29.5 Å². The number of nitrogens with zero attached hydrogens (tertiary/aromatic N) is 2. The number of sulfone groups is 1. The molecule has 140 valence electrons. The first-order valence-electron chi connectivity index (χ1n) is 8.12. The van der Waals surface area contributed by atoms with Gasteiger partial charge in [0.05, 0.1) is 11.5 Å². The van der Waals surface area contributed by atoms with Gasteiger partial charge in [0.15, 0.2) is 9.84 Å². The van der Waals surface area contributed by atoms with Gasteiger partial charge in [-0.15, -0.1) is 10.2 Å². The summed E-state index contributed by atoms with van der Waals surface area (Å²) in [5.41, 5.74) is 0.437. The Kier molecular flexibility index (Phi) is 5.82. The highest BCUT2D eigenvalue weighted by atomic mass is 32.2. The lowest BCUT2D eigenvalue weighted by Crippen LogP contribution is -2.11. The van der Waals surface area contributed by atoms with Gasteiger partial charge in [0.2, 0.25) is 5.13 Å². The van der Waals surface area contributed by atoms with Gasteiger partial charge in [0, 0.05) is 5.56 Å². The number of ether oxygens (including phenoxy) is 1. The predicted octanol–water partition coefficient (Wildman–Crippen LogP) is 3.16. The van der Waals surface area contributed by atoms with Crippen molar-refractivity contribution in [2.75, 3.05) is 11.9 Å². The van der Waals surface area contributed by atoms with Crippen molar-refractivity contribution in [1.82, 2.24) is 10.2 Å². The van der Waals surface area contributed by atoms with Crippen LogP contribution in [0.15, 0.2) is 59.5 Å². The molecule has 1 N–H and O–H groups in total. The Bertz CT molecular complexity index is 1020. The van der Waals surface area contributed by atoms with Crippen LogP contribution in [0.2, 0.25) is 0 Å². The molecule has 3 aromatic rings. The van der Waals surface area contributed by atoms with Crippen LogP contribution in [-0.4, -0.2) is 31.1 Å². The smallest absolute Gasteiger partial charge is 0.257 e. The average molecular weight is 403 g/mol. The van der Waals surface area contributed by atoms with E-state index in [0.29, 0.717) is 22.9 Å². The maximum Gasteiger partial charge on any atom is 0.257 e. The van der Waals surface area contributed by atoms with Gasteiger partial charge in [-0.05, 0) is 43.3 Å². The second-order valence-electron chi connectivity index (χ2n) is 5.48. The molecule has 0 unspecified atom stereocenters. The number of aromatic nitrogens is 2. The zero-order chi connectivity index (χ0) is 19.3. The van der Waals surface area contributed by atoms with Gasteiger partial charge >= 0.3 is 0 Å². The summed E-state index contributed by atoms with van der Waals surface area (Å²) in [5, 5.41) is 10.9. The van der Waals surface area contributed by atoms with Crippen LogP contribution in [-0.2, 0) is 15.6 Å². The SMILES string of the molecule is CCOc1ccc(C(=O)Nc2nnc(CS(=O)(=O)c3ccccc3)s2)cc1. The van der Waals surface area contributed by atoms with Crippen molar-refractivity contribution >= 4 is 32.2 Å². The van der Waals surface area contributed by atoms with E-state index in [-0.39, 0.29) is 21.7 Å². The lowest BCUT2D eigenvalue weighted by molar-refractivity contribution is 0.102. The van der Waals surface area contributed by atoms with E-state index in [1.54, 1.807) is 42.5 Å². The van der Waals surface area contributed by atoms with Crippen molar-refractivity contribution < 1.29 is 17.9 Å². The van der Waals surface area contributed by atoms with Crippen molar-refractivity contribution in [3.05, 3.63) is 65.2 Å². The fourth-order valence-electron chi connectivity index (χ4n) is 2.27. The van der Waals surface area contributed by atoms with Gasteiger partial charge in [0.25, 0.3) is 5.91 Å². The van der Waals surface area contributed by atoms with E-state index in [1.807, 2.05) is 6.92 Å². The molecule has 0 bridgehead atoms. The van der Waals surface area contributed by atoms with Crippen LogP contribution in [0.4, 0.5) is 5.13 Å². The minimum Gasteiger partial charge on any atom is -0.494 e. The highest BCUT2D eigenvalue weighted by Gasteiger charge is 2.19. The van der Waals surface area contributed by atoms with Crippen molar-refractivity contribution in [2.45, 2.75) is 17.6 Å². The molecule has 0 aliphatic carbocycles. The number of carbonyl (C=O) groups is 1. The van der Waals surface area contributed by atoms with E-state index >= 15 is 0 Å². The Labute approximate surface area is 161 Å². The number of rotatable bonds is 7. The lowest BCUT2D eigenvalue weighted by Gasteiger charge is -2.04. The topological polar surface area (TPSA) is 98.2 Å². The number of anilines is 1. The van der Waals surface area contributed by atoms with E-state index in [2.05, 4.69) is 15.5 Å². The number of amides is 1. The summed E-state index contributed by atoms with van der Waals surface area (Å²) in [6.45, 7) is 2.43. The highest BCUT2D eigenvalue weighted by molar-refractivity contribution is 7.90. The summed E-state index contributed by atoms with van der Waals surface area (Å²) in [5.74, 6) is 0.0539. The summed E-state index contributed by atoms with van der Waals surface area (Å²) in [6, 6.07) is 14.8. The summed E-state index contributed by atoms with van der Waals surface area (Å²) in [6.07, 6.45) is 0. The average Bonchev–Trinajstić information content (AvgIpc) is 3.09. The minimum atomic E-state index is -3.51. The molecule has 3 rings (SSSR count). The zero-order valence-electron chi connectivity index (χ0n) is 14.5. The molecule has 0 aliphatic heterocycles. The lowest BCUT2D eigenvalue weighted by atomic mass is 10.2. The number of benzene rings is 2. The van der Waals surface area contributed by atoms with Crippen molar-refractivity contribution in [1.29, 1.82) is 0 Å². The van der Waals surface area contributed by atoms with Gasteiger partial charge in [-0.25, -0.2) is 8.42 Å². The first-order valence-corrected chi connectivity index (χ1v) is 10.6. The molecule has 0 spiro atoms. The first-order chi connectivity index (χ1) is 13.0. The Morgan fingerprint density at radius 2 is 1.78 bits per heavy atom. The molecular formula is C18H17N3O4S2. The van der Waals surface area contributed by atoms with Gasteiger partial charge in [-0.3, -0.25) is 10.1 Å². The maximum atomic E-state index is 12.4. The van der Waals surface area contributed by atoms with Crippen LogP contribution in [0, 0.1) is 0 Å². The van der Waals surface area contributed by atoms with E-state index in [4.69, 9.17) is 4.74 Å². The molecule has 0 saturated carbocycles. The van der Waals surface area contributed by atoms with Crippen LogP contribution in [0.3, 0.4) is 0 Å². The van der Waals surface area contributed by atoms with Crippen molar-refractivity contribution in [3.63, 3.8) is 0 Å². The molecule has 0 radical (unpaired) electrons. The number of hydrogen-bond acceptors (Lipinski definition) is 7. The molecule has 1 aromatic heterocycles. The monoisotopic (exact) mass is 403 g/mol. The summed E-state index contributed by atoms with van der Waals surface area (Å²) in [4.78, 5) is 12.5. The quantitative estimate of drug-likeness (QED) is 0.651. The molecule has 7 nitrogen and oxygen atoms in total. The fraction of sp³-hybridized carbons (Fsp3) is 0.167.